The summed E-state index contributed by atoms with van der Waals surface area (Å²) >= 11 is 9.44. The monoisotopic (exact) mass is 607 g/mol. The minimum atomic E-state index is -3.84. The molecule has 0 atom stereocenters. The molecular formula is C28H35BrClN3O3S. The van der Waals surface area contributed by atoms with Crippen molar-refractivity contribution in [2.24, 2.45) is 0 Å². The summed E-state index contributed by atoms with van der Waals surface area (Å²) in [5.41, 5.74) is 2.17. The topological polar surface area (TPSA) is 62.6 Å². The fourth-order valence-electron chi connectivity index (χ4n) is 4.00. The Morgan fingerprint density at radius 3 is 2.24 bits per heavy atom. The first-order valence-electron chi connectivity index (χ1n) is 12.7. The predicted molar refractivity (Wildman–Crippen MR) is 153 cm³/mol. The van der Waals surface area contributed by atoms with E-state index in [0.29, 0.717) is 31.1 Å². The molecule has 200 valence electrons. The van der Waals surface area contributed by atoms with Gasteiger partial charge in [-0.1, -0.05) is 66.4 Å². The molecule has 2 aromatic carbocycles. The first kappa shape index (κ1) is 29.4. The molecule has 9 heteroatoms. The van der Waals surface area contributed by atoms with Crippen molar-refractivity contribution in [2.45, 2.75) is 57.5 Å². The average Bonchev–Trinajstić information content (AvgIpc) is 3.32. The van der Waals surface area contributed by atoms with Gasteiger partial charge in [-0.25, -0.2) is 8.42 Å². The van der Waals surface area contributed by atoms with Gasteiger partial charge in [0, 0.05) is 41.0 Å². The molecule has 6 nitrogen and oxygen atoms in total. The van der Waals surface area contributed by atoms with Crippen LogP contribution < -0.4 is 0 Å². The van der Waals surface area contributed by atoms with Crippen molar-refractivity contribution in [3.05, 3.63) is 87.6 Å². The molecule has 0 saturated heterocycles. The lowest BCUT2D eigenvalue weighted by Crippen LogP contribution is -2.43. The van der Waals surface area contributed by atoms with Crippen LogP contribution in [0.3, 0.4) is 0 Å². The Bertz CT molecular complexity index is 1240. The number of hydrogen-bond acceptors (Lipinski definition) is 3. The molecule has 0 fully saturated rings. The second-order valence-electron chi connectivity index (χ2n) is 9.07. The molecule has 3 aromatic rings. The SMILES string of the molecule is CCCCN(Cc1cccn1Cc1ccc(Br)cc1)C(=O)CN(CCCC)S(=O)(=O)c1ccc(Cl)cc1. The fraction of sp³-hybridized carbons (Fsp3) is 0.393. The van der Waals surface area contributed by atoms with Crippen LogP contribution in [0.5, 0.6) is 0 Å². The molecule has 0 N–H and O–H groups in total. The zero-order valence-corrected chi connectivity index (χ0v) is 24.6. The largest absolute Gasteiger partial charge is 0.345 e. The zero-order valence-electron chi connectivity index (χ0n) is 21.4. The van der Waals surface area contributed by atoms with Gasteiger partial charge in [0.15, 0.2) is 0 Å². The van der Waals surface area contributed by atoms with Gasteiger partial charge in [0.1, 0.15) is 0 Å². The lowest BCUT2D eigenvalue weighted by molar-refractivity contribution is -0.132. The number of carbonyl (C=O) groups excluding carboxylic acids is 1. The number of carbonyl (C=O) groups is 1. The normalized spacial score (nSPS) is 11.7. The molecule has 1 amide bonds. The van der Waals surface area contributed by atoms with E-state index < -0.39 is 10.0 Å². The highest BCUT2D eigenvalue weighted by Crippen LogP contribution is 2.20. The van der Waals surface area contributed by atoms with Crippen LogP contribution in [0.2, 0.25) is 5.02 Å². The molecule has 37 heavy (non-hydrogen) atoms. The number of rotatable bonds is 14. The van der Waals surface area contributed by atoms with Gasteiger partial charge >= 0.3 is 0 Å². The number of halogens is 2. The highest BCUT2D eigenvalue weighted by molar-refractivity contribution is 9.10. The third kappa shape index (κ3) is 8.43. The van der Waals surface area contributed by atoms with E-state index in [2.05, 4.69) is 39.6 Å². The maximum absolute atomic E-state index is 13.6. The first-order chi connectivity index (χ1) is 17.7. The van der Waals surface area contributed by atoms with Gasteiger partial charge in [-0.3, -0.25) is 4.79 Å². The Labute approximate surface area is 234 Å². The number of hydrogen-bond donors (Lipinski definition) is 0. The van der Waals surface area contributed by atoms with Crippen molar-refractivity contribution >= 4 is 43.5 Å². The van der Waals surface area contributed by atoms with E-state index >= 15 is 0 Å². The maximum Gasteiger partial charge on any atom is 0.243 e. The molecule has 0 saturated carbocycles. The van der Waals surface area contributed by atoms with Gasteiger partial charge in [0.25, 0.3) is 0 Å². The predicted octanol–water partition coefficient (Wildman–Crippen LogP) is 6.57. The average molecular weight is 609 g/mol. The Hall–Kier alpha value is -2.13. The number of aromatic nitrogens is 1. The molecule has 3 rings (SSSR count). The summed E-state index contributed by atoms with van der Waals surface area (Å²) in [7, 11) is -3.84. The Kier molecular flexibility index (Phi) is 11.2. The number of sulfonamides is 1. The number of benzene rings is 2. The highest BCUT2D eigenvalue weighted by Gasteiger charge is 2.28. The van der Waals surface area contributed by atoms with Crippen LogP contribution in [0, 0.1) is 0 Å². The van der Waals surface area contributed by atoms with Gasteiger partial charge < -0.3 is 9.47 Å². The summed E-state index contributed by atoms with van der Waals surface area (Å²) in [5, 5.41) is 0.465. The molecule has 1 aromatic heterocycles. The summed E-state index contributed by atoms with van der Waals surface area (Å²) in [6, 6.07) is 18.3. The molecule has 0 bridgehead atoms. The number of nitrogens with zero attached hydrogens (tertiary/aromatic N) is 3. The smallest absolute Gasteiger partial charge is 0.243 e. The third-order valence-corrected chi connectivity index (χ3v) is 8.84. The van der Waals surface area contributed by atoms with Crippen LogP contribution >= 0.6 is 27.5 Å². The molecular weight excluding hydrogens is 574 g/mol. The molecule has 0 aliphatic carbocycles. The molecule has 0 unspecified atom stereocenters. The lowest BCUT2D eigenvalue weighted by atomic mass is 10.2. The standard InChI is InChI=1S/C28H35BrClN3O3S/c1-3-5-17-32(21-26-8-7-18-31(26)20-23-9-11-24(29)12-10-23)28(34)22-33(19-6-4-2)37(35,36)27-15-13-25(30)14-16-27/h7-16,18H,3-6,17,19-22H2,1-2H3. The van der Waals surface area contributed by atoms with Crippen molar-refractivity contribution < 1.29 is 13.2 Å². The van der Waals surface area contributed by atoms with Crippen molar-refractivity contribution in [3.63, 3.8) is 0 Å². The van der Waals surface area contributed by atoms with E-state index in [1.807, 2.05) is 37.4 Å². The Morgan fingerprint density at radius 1 is 0.946 bits per heavy atom. The number of unbranched alkanes of at least 4 members (excludes halogenated alkanes) is 2. The first-order valence-corrected chi connectivity index (χ1v) is 15.3. The van der Waals surface area contributed by atoms with Crippen molar-refractivity contribution in [2.75, 3.05) is 19.6 Å². The maximum atomic E-state index is 13.6. The van der Waals surface area contributed by atoms with Crippen molar-refractivity contribution in [1.29, 1.82) is 0 Å². The quantitative estimate of drug-likeness (QED) is 0.208. The minimum absolute atomic E-state index is 0.143. The summed E-state index contributed by atoms with van der Waals surface area (Å²) < 4.78 is 31.3. The Balaban J connectivity index is 1.80. The summed E-state index contributed by atoms with van der Waals surface area (Å²) in [6.07, 6.45) is 5.29. The van der Waals surface area contributed by atoms with E-state index in [-0.39, 0.29) is 23.9 Å². The fourth-order valence-corrected chi connectivity index (χ4v) is 5.81. The molecule has 0 aliphatic rings. The minimum Gasteiger partial charge on any atom is -0.345 e. The third-order valence-electron chi connectivity index (χ3n) is 6.20. The Morgan fingerprint density at radius 2 is 1.59 bits per heavy atom. The van der Waals surface area contributed by atoms with Gasteiger partial charge in [-0.05, 0) is 66.9 Å². The van der Waals surface area contributed by atoms with E-state index in [1.54, 1.807) is 17.0 Å². The number of amides is 1. The van der Waals surface area contributed by atoms with Crippen LogP contribution in [0.15, 0.2) is 76.2 Å². The van der Waals surface area contributed by atoms with Gasteiger partial charge in [-0.2, -0.15) is 4.31 Å². The van der Waals surface area contributed by atoms with E-state index in [1.165, 1.54) is 16.4 Å². The van der Waals surface area contributed by atoms with Crippen molar-refractivity contribution in [3.8, 4) is 0 Å². The van der Waals surface area contributed by atoms with Crippen LogP contribution in [0.25, 0.3) is 0 Å². The van der Waals surface area contributed by atoms with Gasteiger partial charge in [0.2, 0.25) is 15.9 Å². The van der Waals surface area contributed by atoms with E-state index in [0.717, 1.165) is 35.0 Å². The second-order valence-corrected chi connectivity index (χ2v) is 12.4. The summed E-state index contributed by atoms with van der Waals surface area (Å²) in [6.45, 7) is 5.86. The van der Waals surface area contributed by atoms with Gasteiger partial charge in [0.05, 0.1) is 18.0 Å². The molecule has 1 heterocycles. The molecule has 0 aliphatic heterocycles. The van der Waals surface area contributed by atoms with Crippen molar-refractivity contribution in [1.82, 2.24) is 13.8 Å². The lowest BCUT2D eigenvalue weighted by Gasteiger charge is -2.28. The zero-order chi connectivity index (χ0) is 26.8. The van der Waals surface area contributed by atoms with Gasteiger partial charge in [-0.15, -0.1) is 0 Å². The second kappa shape index (κ2) is 14.1. The highest BCUT2D eigenvalue weighted by atomic mass is 79.9. The van der Waals surface area contributed by atoms with E-state index in [9.17, 15) is 13.2 Å². The van der Waals surface area contributed by atoms with E-state index in [4.69, 9.17) is 11.6 Å². The van der Waals surface area contributed by atoms with Crippen LogP contribution in [0.1, 0.15) is 50.8 Å². The van der Waals surface area contributed by atoms with Crippen LogP contribution in [-0.4, -0.2) is 47.7 Å². The molecule has 0 spiro atoms. The summed E-state index contributed by atoms with van der Waals surface area (Å²) in [4.78, 5) is 15.5. The van der Waals surface area contributed by atoms with Crippen LogP contribution in [0.4, 0.5) is 0 Å². The summed E-state index contributed by atoms with van der Waals surface area (Å²) in [5.74, 6) is -0.196. The molecule has 0 radical (unpaired) electrons. The van der Waals surface area contributed by atoms with Crippen LogP contribution in [-0.2, 0) is 27.9 Å².